The number of carbonyl (C=O) groups is 2. The van der Waals surface area contributed by atoms with Gasteiger partial charge in [0.05, 0.1) is 11.4 Å². The fourth-order valence-corrected chi connectivity index (χ4v) is 4.14. The lowest BCUT2D eigenvalue weighted by Crippen LogP contribution is -2.13. The van der Waals surface area contributed by atoms with Gasteiger partial charge in [0, 0.05) is 33.0 Å². The molecule has 0 aliphatic rings. The summed E-state index contributed by atoms with van der Waals surface area (Å²) in [7, 11) is 0. The van der Waals surface area contributed by atoms with Gasteiger partial charge >= 0.3 is 0 Å². The molecule has 0 unspecified atom stereocenters. The Hall–Kier alpha value is -2.35. The monoisotopic (exact) mass is 431 g/mol. The van der Waals surface area contributed by atoms with E-state index in [2.05, 4.69) is 15.6 Å². The van der Waals surface area contributed by atoms with Gasteiger partial charge in [-0.3, -0.25) is 9.59 Å². The first kappa shape index (κ1) is 20.4. The Morgan fingerprint density at radius 3 is 2.39 bits per heavy atom. The summed E-state index contributed by atoms with van der Waals surface area (Å²) in [5.74, 6) is 0.0397. The molecule has 0 atom stereocenters. The summed E-state index contributed by atoms with van der Waals surface area (Å²) in [6, 6.07) is 14.8. The van der Waals surface area contributed by atoms with E-state index in [1.54, 1.807) is 0 Å². The lowest BCUT2D eigenvalue weighted by atomic mass is 10.1. The minimum absolute atomic E-state index is 0.114. The van der Waals surface area contributed by atoms with Crippen LogP contribution in [0.4, 0.5) is 10.8 Å². The summed E-state index contributed by atoms with van der Waals surface area (Å²) in [5, 5.41) is 6.82. The number of aromatic nitrogens is 1. The SMILES string of the molecule is CC(=O)Nc1ccc(SCC(=O)Nc2nc(-c3ccc(Cl)cc3)c(C)s2)cc1. The minimum atomic E-state index is -0.118. The number of thioether (sulfide) groups is 1. The first-order chi connectivity index (χ1) is 13.4. The number of hydrogen-bond acceptors (Lipinski definition) is 5. The summed E-state index contributed by atoms with van der Waals surface area (Å²) in [4.78, 5) is 29.8. The molecule has 0 saturated heterocycles. The predicted octanol–water partition coefficient (Wildman–Crippen LogP) is 5.46. The highest BCUT2D eigenvalue weighted by molar-refractivity contribution is 8.00. The van der Waals surface area contributed by atoms with Crippen LogP contribution in [0.25, 0.3) is 11.3 Å². The Labute approximate surface area is 176 Å². The number of thiazole rings is 1. The smallest absolute Gasteiger partial charge is 0.236 e. The van der Waals surface area contributed by atoms with Crippen LogP contribution in [0, 0.1) is 6.92 Å². The van der Waals surface area contributed by atoms with Gasteiger partial charge in [0.15, 0.2) is 5.13 Å². The van der Waals surface area contributed by atoms with Crippen molar-refractivity contribution < 1.29 is 9.59 Å². The molecule has 2 N–H and O–H groups in total. The average molecular weight is 432 g/mol. The van der Waals surface area contributed by atoms with Crippen molar-refractivity contribution in [1.82, 2.24) is 4.98 Å². The Bertz CT molecular complexity index is 986. The van der Waals surface area contributed by atoms with E-state index >= 15 is 0 Å². The van der Waals surface area contributed by atoms with Gasteiger partial charge in [-0.2, -0.15) is 0 Å². The Balaban J connectivity index is 1.57. The predicted molar refractivity (Wildman–Crippen MR) is 117 cm³/mol. The van der Waals surface area contributed by atoms with Crippen molar-refractivity contribution in [2.75, 3.05) is 16.4 Å². The molecule has 0 saturated carbocycles. The number of carbonyl (C=O) groups excluding carboxylic acids is 2. The van der Waals surface area contributed by atoms with Crippen LogP contribution in [-0.4, -0.2) is 22.6 Å². The Morgan fingerprint density at radius 1 is 1.07 bits per heavy atom. The first-order valence-corrected chi connectivity index (χ1v) is 10.6. The molecule has 8 heteroatoms. The van der Waals surface area contributed by atoms with Crippen molar-refractivity contribution in [3.05, 3.63) is 58.4 Å². The summed E-state index contributed by atoms with van der Waals surface area (Å²) < 4.78 is 0. The standard InChI is InChI=1S/C20H18ClN3O2S2/c1-12-19(14-3-5-15(21)6-4-14)24-20(28-12)23-18(26)11-27-17-9-7-16(8-10-17)22-13(2)25/h3-10H,11H2,1-2H3,(H,22,25)(H,23,24,26). The molecule has 1 aromatic heterocycles. The van der Waals surface area contributed by atoms with Crippen LogP contribution in [0.15, 0.2) is 53.4 Å². The third-order valence-corrected chi connectivity index (χ3v) is 5.86. The van der Waals surface area contributed by atoms with Crippen LogP contribution in [0.3, 0.4) is 0 Å². The lowest BCUT2D eigenvalue weighted by Gasteiger charge is -2.05. The van der Waals surface area contributed by atoms with Gasteiger partial charge in [-0.05, 0) is 43.3 Å². The maximum Gasteiger partial charge on any atom is 0.236 e. The minimum Gasteiger partial charge on any atom is -0.326 e. The maximum atomic E-state index is 12.3. The molecule has 0 fully saturated rings. The van der Waals surface area contributed by atoms with E-state index in [0.29, 0.717) is 10.2 Å². The second-order valence-electron chi connectivity index (χ2n) is 5.97. The zero-order valence-electron chi connectivity index (χ0n) is 15.3. The number of rotatable bonds is 6. The highest BCUT2D eigenvalue weighted by Crippen LogP contribution is 2.31. The van der Waals surface area contributed by atoms with Gasteiger partial charge in [0.2, 0.25) is 11.8 Å². The highest BCUT2D eigenvalue weighted by Gasteiger charge is 2.12. The number of anilines is 2. The fourth-order valence-electron chi connectivity index (χ4n) is 2.47. The normalized spacial score (nSPS) is 10.5. The zero-order valence-corrected chi connectivity index (χ0v) is 17.7. The molecule has 3 aromatic rings. The van der Waals surface area contributed by atoms with Gasteiger partial charge in [-0.25, -0.2) is 4.98 Å². The van der Waals surface area contributed by atoms with Crippen LogP contribution in [0.2, 0.25) is 5.02 Å². The highest BCUT2D eigenvalue weighted by atomic mass is 35.5. The molecule has 2 amide bonds. The van der Waals surface area contributed by atoms with E-state index < -0.39 is 0 Å². The lowest BCUT2D eigenvalue weighted by molar-refractivity contribution is -0.114. The Morgan fingerprint density at radius 2 is 1.75 bits per heavy atom. The molecule has 0 spiro atoms. The van der Waals surface area contributed by atoms with Gasteiger partial charge in [-0.1, -0.05) is 23.7 Å². The molecule has 3 rings (SSSR count). The van der Waals surface area contributed by atoms with Crippen LogP contribution < -0.4 is 10.6 Å². The van der Waals surface area contributed by atoms with Crippen LogP contribution >= 0.6 is 34.7 Å². The number of benzene rings is 2. The number of nitrogens with zero attached hydrogens (tertiary/aromatic N) is 1. The molecule has 2 aromatic carbocycles. The number of halogens is 1. The van der Waals surface area contributed by atoms with E-state index in [1.165, 1.54) is 30.0 Å². The van der Waals surface area contributed by atoms with E-state index in [1.807, 2.05) is 55.5 Å². The number of amides is 2. The van der Waals surface area contributed by atoms with E-state index in [0.717, 1.165) is 26.7 Å². The Kier molecular flexibility index (Phi) is 6.72. The number of aryl methyl sites for hydroxylation is 1. The first-order valence-electron chi connectivity index (χ1n) is 8.44. The maximum absolute atomic E-state index is 12.3. The quantitative estimate of drug-likeness (QED) is 0.508. The van der Waals surface area contributed by atoms with Gasteiger partial charge in [0.25, 0.3) is 0 Å². The summed E-state index contributed by atoms with van der Waals surface area (Å²) in [5.41, 5.74) is 2.54. The number of nitrogens with one attached hydrogen (secondary N) is 2. The molecule has 0 bridgehead atoms. The second kappa shape index (κ2) is 9.23. The van der Waals surface area contributed by atoms with Crippen molar-refractivity contribution >= 4 is 57.3 Å². The van der Waals surface area contributed by atoms with Gasteiger partial charge in [0.1, 0.15) is 0 Å². The summed E-state index contributed by atoms with van der Waals surface area (Å²) >= 11 is 8.80. The molecule has 0 radical (unpaired) electrons. The molecule has 5 nitrogen and oxygen atoms in total. The largest absolute Gasteiger partial charge is 0.326 e. The van der Waals surface area contributed by atoms with Crippen molar-refractivity contribution in [3.63, 3.8) is 0 Å². The molecule has 1 heterocycles. The third-order valence-electron chi connectivity index (χ3n) is 3.71. The topological polar surface area (TPSA) is 71.1 Å². The molecular weight excluding hydrogens is 414 g/mol. The molecule has 144 valence electrons. The fraction of sp³-hybridized carbons (Fsp3) is 0.150. The van der Waals surface area contributed by atoms with E-state index in [-0.39, 0.29) is 17.6 Å². The van der Waals surface area contributed by atoms with Crippen molar-refractivity contribution in [2.24, 2.45) is 0 Å². The average Bonchev–Trinajstić information content (AvgIpc) is 3.01. The summed E-state index contributed by atoms with van der Waals surface area (Å²) in [6.45, 7) is 3.44. The third kappa shape index (κ3) is 5.58. The molecule has 0 aliphatic carbocycles. The van der Waals surface area contributed by atoms with Crippen LogP contribution in [-0.2, 0) is 9.59 Å². The van der Waals surface area contributed by atoms with Crippen LogP contribution in [0.5, 0.6) is 0 Å². The van der Waals surface area contributed by atoms with E-state index in [4.69, 9.17) is 11.6 Å². The van der Waals surface area contributed by atoms with Gasteiger partial charge < -0.3 is 10.6 Å². The van der Waals surface area contributed by atoms with Crippen molar-refractivity contribution in [1.29, 1.82) is 0 Å². The van der Waals surface area contributed by atoms with Gasteiger partial charge in [-0.15, -0.1) is 23.1 Å². The second-order valence-corrected chi connectivity index (χ2v) is 8.66. The number of hydrogen-bond donors (Lipinski definition) is 2. The summed E-state index contributed by atoms with van der Waals surface area (Å²) in [6.07, 6.45) is 0. The molecular formula is C20H18ClN3O2S2. The van der Waals surface area contributed by atoms with Crippen molar-refractivity contribution in [2.45, 2.75) is 18.7 Å². The zero-order chi connectivity index (χ0) is 20.1. The van der Waals surface area contributed by atoms with E-state index in [9.17, 15) is 9.59 Å². The molecule has 28 heavy (non-hydrogen) atoms. The van der Waals surface area contributed by atoms with Crippen LogP contribution in [0.1, 0.15) is 11.8 Å². The van der Waals surface area contributed by atoms with Crippen molar-refractivity contribution in [3.8, 4) is 11.3 Å². The molecule has 0 aliphatic heterocycles.